The minimum Gasteiger partial charge on any atom is -0.396 e. The first-order valence-electron chi connectivity index (χ1n) is 5.88. The van der Waals surface area contributed by atoms with Crippen molar-refractivity contribution in [3.8, 4) is 0 Å². The first kappa shape index (κ1) is 12.8. The van der Waals surface area contributed by atoms with Crippen LogP contribution in [0.3, 0.4) is 0 Å². The molecule has 0 aliphatic heterocycles. The van der Waals surface area contributed by atoms with Crippen LogP contribution in [0, 0.1) is 9.49 Å². The van der Waals surface area contributed by atoms with Gasteiger partial charge in [-0.3, -0.25) is 4.79 Å². The molecule has 1 aliphatic carbocycles. The van der Waals surface area contributed by atoms with Crippen molar-refractivity contribution in [1.29, 1.82) is 0 Å². The summed E-state index contributed by atoms with van der Waals surface area (Å²) in [6.07, 6.45) is 3.07. The van der Waals surface area contributed by atoms with Crippen molar-refractivity contribution in [2.75, 3.05) is 6.61 Å². The van der Waals surface area contributed by atoms with E-state index in [2.05, 4.69) is 27.9 Å². The molecule has 0 spiro atoms. The van der Waals surface area contributed by atoms with Crippen molar-refractivity contribution < 1.29 is 9.90 Å². The molecule has 17 heavy (non-hydrogen) atoms. The highest BCUT2D eigenvalue weighted by molar-refractivity contribution is 14.1. The number of aliphatic hydroxyl groups is 1. The molecule has 1 aliphatic rings. The Kier molecular flexibility index (Phi) is 4.39. The zero-order valence-electron chi connectivity index (χ0n) is 9.53. The number of carbonyl (C=O) groups excluding carboxylic acids is 1. The minimum absolute atomic E-state index is 0.0275. The summed E-state index contributed by atoms with van der Waals surface area (Å²) in [4.78, 5) is 12.1. The molecule has 0 bridgehead atoms. The number of nitrogens with one attached hydrogen (secondary N) is 1. The van der Waals surface area contributed by atoms with E-state index in [0.29, 0.717) is 0 Å². The number of aliphatic hydroxyl groups excluding tert-OH is 1. The largest absolute Gasteiger partial charge is 0.396 e. The lowest BCUT2D eigenvalue weighted by Gasteiger charge is -2.19. The maximum atomic E-state index is 12.1. The van der Waals surface area contributed by atoms with Gasteiger partial charge in [0.15, 0.2) is 0 Å². The van der Waals surface area contributed by atoms with E-state index in [9.17, 15) is 9.90 Å². The third-order valence-corrected chi connectivity index (χ3v) is 4.27. The molecule has 2 rings (SSSR count). The van der Waals surface area contributed by atoms with Crippen molar-refractivity contribution in [3.63, 3.8) is 0 Å². The van der Waals surface area contributed by atoms with E-state index in [1.54, 1.807) is 0 Å². The van der Waals surface area contributed by atoms with Crippen LogP contribution in [0.5, 0.6) is 0 Å². The second-order valence-electron chi connectivity index (χ2n) is 4.43. The van der Waals surface area contributed by atoms with Crippen molar-refractivity contribution in [3.05, 3.63) is 33.4 Å². The zero-order valence-corrected chi connectivity index (χ0v) is 11.7. The van der Waals surface area contributed by atoms with Gasteiger partial charge in [-0.2, -0.15) is 0 Å². The van der Waals surface area contributed by atoms with Gasteiger partial charge in [0.25, 0.3) is 5.91 Å². The van der Waals surface area contributed by atoms with Crippen LogP contribution in [-0.4, -0.2) is 23.7 Å². The van der Waals surface area contributed by atoms with Crippen LogP contribution in [0.1, 0.15) is 29.6 Å². The lowest BCUT2D eigenvalue weighted by molar-refractivity contribution is 0.0915. The molecule has 0 aromatic heterocycles. The van der Waals surface area contributed by atoms with Crippen LogP contribution in [0.15, 0.2) is 24.3 Å². The number of hydrogen-bond acceptors (Lipinski definition) is 2. The standard InChI is InChI=1S/C13H16INO2/c14-11-6-2-1-5-10(11)13(17)15-12-7-3-4-9(12)8-16/h1-2,5-6,9,12,16H,3-4,7-8H2,(H,15,17). The predicted molar refractivity (Wildman–Crippen MR) is 74.8 cm³/mol. The third-order valence-electron chi connectivity index (χ3n) is 3.33. The Balaban J connectivity index is 2.04. The lowest BCUT2D eigenvalue weighted by Crippen LogP contribution is -2.38. The van der Waals surface area contributed by atoms with Crippen molar-refractivity contribution >= 4 is 28.5 Å². The van der Waals surface area contributed by atoms with Crippen LogP contribution in [0.2, 0.25) is 0 Å². The fourth-order valence-corrected chi connectivity index (χ4v) is 2.97. The highest BCUT2D eigenvalue weighted by Gasteiger charge is 2.28. The Bertz CT molecular complexity index is 408. The maximum Gasteiger partial charge on any atom is 0.252 e. The van der Waals surface area contributed by atoms with Crippen LogP contribution in [0.25, 0.3) is 0 Å². The van der Waals surface area contributed by atoms with Gasteiger partial charge < -0.3 is 10.4 Å². The van der Waals surface area contributed by atoms with Crippen LogP contribution >= 0.6 is 22.6 Å². The summed E-state index contributed by atoms with van der Waals surface area (Å²) in [5.74, 6) is 0.195. The number of rotatable bonds is 3. The number of hydrogen-bond donors (Lipinski definition) is 2. The molecule has 2 N–H and O–H groups in total. The van der Waals surface area contributed by atoms with Gasteiger partial charge in [0.1, 0.15) is 0 Å². The Morgan fingerprint density at radius 3 is 2.88 bits per heavy atom. The number of amides is 1. The Morgan fingerprint density at radius 2 is 2.18 bits per heavy atom. The van der Waals surface area contributed by atoms with E-state index in [0.717, 1.165) is 28.4 Å². The zero-order chi connectivity index (χ0) is 12.3. The molecule has 1 aromatic rings. The molecule has 1 aromatic carbocycles. The van der Waals surface area contributed by atoms with Gasteiger partial charge >= 0.3 is 0 Å². The molecule has 2 atom stereocenters. The first-order chi connectivity index (χ1) is 8.22. The molecule has 1 fully saturated rings. The number of benzene rings is 1. The van der Waals surface area contributed by atoms with Gasteiger partial charge in [-0.15, -0.1) is 0 Å². The van der Waals surface area contributed by atoms with Crippen LogP contribution in [-0.2, 0) is 0 Å². The van der Waals surface area contributed by atoms with Gasteiger partial charge in [-0.05, 0) is 47.6 Å². The van der Waals surface area contributed by atoms with Gasteiger partial charge in [0, 0.05) is 22.1 Å². The molecule has 0 saturated heterocycles. The Labute approximate surface area is 115 Å². The number of carbonyl (C=O) groups is 1. The highest BCUT2D eigenvalue weighted by Crippen LogP contribution is 2.25. The average molecular weight is 345 g/mol. The van der Waals surface area contributed by atoms with E-state index >= 15 is 0 Å². The van der Waals surface area contributed by atoms with Crippen LogP contribution < -0.4 is 5.32 Å². The molecule has 1 saturated carbocycles. The molecular formula is C13H16INO2. The van der Waals surface area contributed by atoms with Crippen molar-refractivity contribution in [1.82, 2.24) is 5.32 Å². The molecular weight excluding hydrogens is 329 g/mol. The monoisotopic (exact) mass is 345 g/mol. The smallest absolute Gasteiger partial charge is 0.252 e. The fourth-order valence-electron chi connectivity index (χ4n) is 2.34. The second-order valence-corrected chi connectivity index (χ2v) is 5.60. The SMILES string of the molecule is O=C(NC1CCCC1CO)c1ccccc1I. The summed E-state index contributed by atoms with van der Waals surface area (Å²) in [6, 6.07) is 7.68. The molecule has 0 heterocycles. The quantitative estimate of drug-likeness (QED) is 0.825. The fraction of sp³-hybridized carbons (Fsp3) is 0.462. The molecule has 2 unspecified atom stereocenters. The van der Waals surface area contributed by atoms with E-state index in [-0.39, 0.29) is 24.5 Å². The highest BCUT2D eigenvalue weighted by atomic mass is 127. The van der Waals surface area contributed by atoms with Gasteiger partial charge in [0.2, 0.25) is 0 Å². The normalized spacial score (nSPS) is 23.6. The summed E-state index contributed by atoms with van der Waals surface area (Å²) < 4.78 is 0.959. The summed E-state index contributed by atoms with van der Waals surface area (Å²) in [7, 11) is 0. The molecule has 3 nitrogen and oxygen atoms in total. The molecule has 1 amide bonds. The van der Waals surface area contributed by atoms with Crippen molar-refractivity contribution in [2.45, 2.75) is 25.3 Å². The minimum atomic E-state index is -0.0275. The van der Waals surface area contributed by atoms with Crippen molar-refractivity contribution in [2.24, 2.45) is 5.92 Å². The Hall–Kier alpha value is -0.620. The van der Waals surface area contributed by atoms with E-state index < -0.39 is 0 Å². The summed E-state index contributed by atoms with van der Waals surface area (Å²) in [5, 5.41) is 12.3. The lowest BCUT2D eigenvalue weighted by atomic mass is 10.0. The second kappa shape index (κ2) is 5.82. The third kappa shape index (κ3) is 2.98. The Morgan fingerprint density at radius 1 is 1.41 bits per heavy atom. The summed E-state index contributed by atoms with van der Waals surface area (Å²) in [6.45, 7) is 0.164. The van der Waals surface area contributed by atoms with Crippen LogP contribution in [0.4, 0.5) is 0 Å². The predicted octanol–water partition coefficient (Wildman–Crippen LogP) is 2.18. The molecule has 4 heteroatoms. The van der Waals surface area contributed by atoms with E-state index in [4.69, 9.17) is 0 Å². The molecule has 0 radical (unpaired) electrons. The van der Waals surface area contributed by atoms with Gasteiger partial charge in [-0.25, -0.2) is 0 Å². The summed E-state index contributed by atoms with van der Waals surface area (Å²) >= 11 is 2.17. The average Bonchev–Trinajstić information content (AvgIpc) is 2.76. The summed E-state index contributed by atoms with van der Waals surface area (Å²) in [5.41, 5.74) is 0.719. The molecule has 92 valence electrons. The first-order valence-corrected chi connectivity index (χ1v) is 6.96. The van der Waals surface area contributed by atoms with Gasteiger partial charge in [-0.1, -0.05) is 18.6 Å². The van der Waals surface area contributed by atoms with E-state index in [1.807, 2.05) is 24.3 Å². The topological polar surface area (TPSA) is 49.3 Å². The number of halogens is 1. The van der Waals surface area contributed by atoms with E-state index in [1.165, 1.54) is 0 Å². The maximum absolute atomic E-state index is 12.1. The van der Waals surface area contributed by atoms with Gasteiger partial charge in [0.05, 0.1) is 5.56 Å².